The fraction of sp³-hybridized carbons (Fsp3) is 0.263. The van der Waals surface area contributed by atoms with Crippen molar-refractivity contribution in [3.63, 3.8) is 0 Å². The molecule has 2 heterocycles. The molecule has 0 spiro atoms. The lowest BCUT2D eigenvalue weighted by atomic mass is 10.0. The van der Waals surface area contributed by atoms with E-state index in [1.807, 2.05) is 0 Å². The maximum atomic E-state index is 12.9. The summed E-state index contributed by atoms with van der Waals surface area (Å²) in [6, 6.07) is 7.92. The molecule has 1 aromatic carbocycles. The van der Waals surface area contributed by atoms with Gasteiger partial charge in [0.2, 0.25) is 0 Å². The molecule has 0 aliphatic heterocycles. The Balaban J connectivity index is 1.73. The van der Waals surface area contributed by atoms with E-state index in [-0.39, 0.29) is 18.9 Å². The highest BCUT2D eigenvalue weighted by molar-refractivity contribution is 7.18. The zero-order valence-electron chi connectivity index (χ0n) is 15.3. The Labute approximate surface area is 174 Å². The number of nitrogens with zero attached hydrogens (tertiary/aromatic N) is 2. The van der Waals surface area contributed by atoms with Gasteiger partial charge in [0.1, 0.15) is 4.34 Å². The lowest BCUT2D eigenvalue weighted by molar-refractivity contribution is -0.137. The van der Waals surface area contributed by atoms with Crippen molar-refractivity contribution < 1.29 is 18.0 Å². The van der Waals surface area contributed by atoms with E-state index in [0.29, 0.717) is 20.3 Å². The van der Waals surface area contributed by atoms with Crippen LogP contribution in [0.25, 0.3) is 11.3 Å². The molecule has 3 N–H and O–H groups in total. The molecular weight excluding hydrogens is 425 g/mol. The molecule has 10 heteroatoms. The predicted octanol–water partition coefficient (Wildman–Crippen LogP) is 4.12. The number of benzene rings is 1. The van der Waals surface area contributed by atoms with Gasteiger partial charge in [-0.25, -0.2) is 0 Å². The van der Waals surface area contributed by atoms with Crippen molar-refractivity contribution in [1.82, 2.24) is 15.1 Å². The summed E-state index contributed by atoms with van der Waals surface area (Å²) in [6.45, 7) is 0.0790. The molecule has 0 aliphatic carbocycles. The van der Waals surface area contributed by atoms with Crippen LogP contribution in [0, 0.1) is 0 Å². The Morgan fingerprint density at radius 2 is 2.10 bits per heavy atom. The van der Waals surface area contributed by atoms with Crippen molar-refractivity contribution >= 4 is 28.8 Å². The fourth-order valence-electron chi connectivity index (χ4n) is 2.90. The number of carbonyl (C=O) groups is 1. The van der Waals surface area contributed by atoms with Crippen molar-refractivity contribution in [1.29, 1.82) is 0 Å². The summed E-state index contributed by atoms with van der Waals surface area (Å²) in [7, 11) is 1.77. The minimum atomic E-state index is -4.42. The number of carbonyl (C=O) groups excluding carboxylic acids is 1. The molecule has 0 saturated heterocycles. The van der Waals surface area contributed by atoms with Gasteiger partial charge in [-0.1, -0.05) is 29.8 Å². The van der Waals surface area contributed by atoms with E-state index >= 15 is 0 Å². The minimum Gasteiger partial charge on any atom is -0.347 e. The van der Waals surface area contributed by atoms with Crippen LogP contribution in [0.1, 0.15) is 20.8 Å². The van der Waals surface area contributed by atoms with Gasteiger partial charge in [0.25, 0.3) is 5.91 Å². The smallest absolute Gasteiger partial charge is 0.347 e. The first-order valence-electron chi connectivity index (χ1n) is 8.64. The summed E-state index contributed by atoms with van der Waals surface area (Å²) in [5.74, 6) is -0.382. The van der Waals surface area contributed by atoms with Crippen molar-refractivity contribution in [2.45, 2.75) is 18.6 Å². The second-order valence-corrected chi connectivity index (χ2v) is 8.10. The van der Waals surface area contributed by atoms with Gasteiger partial charge in [-0.05, 0) is 30.2 Å². The van der Waals surface area contributed by atoms with E-state index in [1.54, 1.807) is 36.1 Å². The van der Waals surface area contributed by atoms with Gasteiger partial charge in [0.05, 0.1) is 16.1 Å². The first-order valence-corrected chi connectivity index (χ1v) is 9.83. The van der Waals surface area contributed by atoms with Gasteiger partial charge in [-0.2, -0.15) is 18.3 Å². The monoisotopic (exact) mass is 442 g/mol. The molecule has 29 heavy (non-hydrogen) atoms. The van der Waals surface area contributed by atoms with Gasteiger partial charge in [0, 0.05) is 31.4 Å². The summed E-state index contributed by atoms with van der Waals surface area (Å²) >= 11 is 7.40. The standard InChI is InChI=1S/C19H18ClF3N4OS/c1-27-15(5-6-25-27)14-9-16(29-17(14)20)18(28)26-13(10-24)8-11-3-2-4-12(7-11)19(21,22)23/h2-7,9,13H,8,10,24H2,1H3,(H,26,28)/t13-/m0/s1. The van der Waals surface area contributed by atoms with Gasteiger partial charge >= 0.3 is 6.18 Å². The molecule has 1 amide bonds. The third kappa shape index (κ3) is 4.98. The molecule has 0 saturated carbocycles. The molecule has 0 radical (unpaired) electrons. The largest absolute Gasteiger partial charge is 0.416 e. The van der Waals surface area contributed by atoms with Crippen LogP contribution in [0.5, 0.6) is 0 Å². The highest BCUT2D eigenvalue weighted by Gasteiger charge is 2.30. The van der Waals surface area contributed by atoms with E-state index in [4.69, 9.17) is 17.3 Å². The Morgan fingerprint density at radius 1 is 1.34 bits per heavy atom. The second-order valence-electron chi connectivity index (χ2n) is 6.45. The van der Waals surface area contributed by atoms with Gasteiger partial charge in [0.15, 0.2) is 0 Å². The summed E-state index contributed by atoms with van der Waals surface area (Å²) in [5.41, 5.74) is 6.89. The van der Waals surface area contributed by atoms with Gasteiger partial charge in [-0.3, -0.25) is 9.48 Å². The average molecular weight is 443 g/mol. The average Bonchev–Trinajstić information content (AvgIpc) is 3.25. The summed E-state index contributed by atoms with van der Waals surface area (Å²) in [5, 5.41) is 6.86. The molecule has 3 rings (SSSR count). The highest BCUT2D eigenvalue weighted by Crippen LogP contribution is 2.35. The molecule has 0 aliphatic rings. The van der Waals surface area contributed by atoms with Crippen LogP contribution in [0.4, 0.5) is 13.2 Å². The van der Waals surface area contributed by atoms with Crippen LogP contribution >= 0.6 is 22.9 Å². The molecule has 5 nitrogen and oxygen atoms in total. The number of alkyl halides is 3. The molecule has 3 aromatic rings. The summed E-state index contributed by atoms with van der Waals surface area (Å²) in [6.07, 6.45) is -2.62. The molecule has 0 bridgehead atoms. The van der Waals surface area contributed by atoms with Crippen LogP contribution in [-0.2, 0) is 19.6 Å². The fourth-order valence-corrected chi connectivity index (χ4v) is 4.10. The zero-order chi connectivity index (χ0) is 21.2. The quantitative estimate of drug-likeness (QED) is 0.603. The molecule has 2 aromatic heterocycles. The van der Waals surface area contributed by atoms with Crippen LogP contribution < -0.4 is 11.1 Å². The number of halogens is 4. The number of aryl methyl sites for hydroxylation is 1. The first kappa shape index (κ1) is 21.4. The lowest BCUT2D eigenvalue weighted by Crippen LogP contribution is -2.41. The highest BCUT2D eigenvalue weighted by atomic mass is 35.5. The maximum absolute atomic E-state index is 12.9. The lowest BCUT2D eigenvalue weighted by Gasteiger charge is -2.17. The Kier molecular flexibility index (Phi) is 6.30. The number of amides is 1. The molecule has 0 fully saturated rings. The van der Waals surface area contributed by atoms with Crippen molar-refractivity contribution in [3.8, 4) is 11.3 Å². The third-order valence-electron chi connectivity index (χ3n) is 4.36. The van der Waals surface area contributed by atoms with E-state index in [0.717, 1.165) is 29.2 Å². The number of hydrogen-bond donors (Lipinski definition) is 2. The van der Waals surface area contributed by atoms with E-state index in [1.165, 1.54) is 6.07 Å². The normalized spacial score (nSPS) is 12.8. The Hall–Kier alpha value is -2.36. The summed E-state index contributed by atoms with van der Waals surface area (Å²) < 4.78 is 40.8. The molecular formula is C19H18ClF3N4OS. The van der Waals surface area contributed by atoms with Crippen LogP contribution in [0.3, 0.4) is 0 Å². The predicted molar refractivity (Wildman–Crippen MR) is 107 cm³/mol. The maximum Gasteiger partial charge on any atom is 0.416 e. The number of rotatable bonds is 6. The molecule has 154 valence electrons. The third-order valence-corrected chi connectivity index (χ3v) is 5.72. The van der Waals surface area contributed by atoms with Crippen molar-refractivity contribution in [2.24, 2.45) is 12.8 Å². The van der Waals surface area contributed by atoms with E-state index in [9.17, 15) is 18.0 Å². The number of nitrogens with one attached hydrogen (secondary N) is 1. The molecule has 1 atom stereocenters. The minimum absolute atomic E-state index is 0.0790. The SMILES string of the molecule is Cn1nccc1-c1cc(C(=O)N[C@H](CN)Cc2cccc(C(F)(F)F)c2)sc1Cl. The zero-order valence-corrected chi connectivity index (χ0v) is 16.9. The van der Waals surface area contributed by atoms with Gasteiger partial charge < -0.3 is 11.1 Å². The number of thiophene rings is 1. The van der Waals surface area contributed by atoms with E-state index in [2.05, 4.69) is 10.4 Å². The Morgan fingerprint density at radius 3 is 2.72 bits per heavy atom. The van der Waals surface area contributed by atoms with Crippen LogP contribution in [0.15, 0.2) is 42.6 Å². The van der Waals surface area contributed by atoms with E-state index < -0.39 is 17.8 Å². The number of hydrogen-bond acceptors (Lipinski definition) is 4. The first-order chi connectivity index (χ1) is 13.7. The Bertz CT molecular complexity index is 1020. The second kappa shape index (κ2) is 8.56. The molecule has 0 unspecified atom stereocenters. The number of aromatic nitrogens is 2. The number of nitrogens with two attached hydrogens (primary N) is 1. The van der Waals surface area contributed by atoms with Crippen molar-refractivity contribution in [3.05, 3.63) is 62.9 Å². The van der Waals surface area contributed by atoms with Gasteiger partial charge in [-0.15, -0.1) is 11.3 Å². The van der Waals surface area contributed by atoms with Crippen LogP contribution in [0.2, 0.25) is 4.34 Å². The summed E-state index contributed by atoms with van der Waals surface area (Å²) in [4.78, 5) is 13.0. The van der Waals surface area contributed by atoms with Crippen molar-refractivity contribution in [2.75, 3.05) is 6.54 Å². The van der Waals surface area contributed by atoms with Crippen LogP contribution in [-0.4, -0.2) is 28.3 Å². The topological polar surface area (TPSA) is 72.9 Å².